The summed E-state index contributed by atoms with van der Waals surface area (Å²) < 4.78 is 16.2. The van der Waals surface area contributed by atoms with Crippen molar-refractivity contribution in [3.05, 3.63) is 53.9 Å². The van der Waals surface area contributed by atoms with Gasteiger partial charge < -0.3 is 15.3 Å². The lowest BCUT2D eigenvalue weighted by molar-refractivity contribution is -0.118. The molecule has 2 aromatic rings. The van der Waals surface area contributed by atoms with E-state index in [0.717, 1.165) is 30.9 Å². The maximum Gasteiger partial charge on any atom is 0.266 e. The van der Waals surface area contributed by atoms with Crippen LogP contribution >= 0.6 is 0 Å². The quantitative estimate of drug-likeness (QED) is 0.919. The Labute approximate surface area is 145 Å². The fraction of sp³-hybridized carbons (Fsp3) is 0.333. The van der Waals surface area contributed by atoms with E-state index in [1.807, 2.05) is 24.2 Å². The van der Waals surface area contributed by atoms with Crippen molar-refractivity contribution in [2.45, 2.75) is 25.4 Å². The molecule has 1 aromatic carbocycles. The van der Waals surface area contributed by atoms with Crippen LogP contribution in [-0.2, 0) is 17.8 Å². The molecule has 3 heterocycles. The standard InChI is InChI=1S/C18H20FN5O/c1-22-15(18(20)25)7-9-24(22)12-6-8-23-16(11-21-17(23)10-12)13-4-2-3-5-14(13)19/h2-5,7,11-12H,6,8-10H2,1H3,(H2,20,25). The number of rotatable bonds is 3. The van der Waals surface area contributed by atoms with Gasteiger partial charge in [-0.2, -0.15) is 0 Å². The van der Waals surface area contributed by atoms with Crippen LogP contribution in [0.5, 0.6) is 0 Å². The summed E-state index contributed by atoms with van der Waals surface area (Å²) in [5, 5.41) is 3.98. The van der Waals surface area contributed by atoms with Gasteiger partial charge in [-0.1, -0.05) is 12.1 Å². The third kappa shape index (κ3) is 2.60. The van der Waals surface area contributed by atoms with Crippen molar-refractivity contribution in [1.82, 2.24) is 19.6 Å². The molecule has 0 fully saturated rings. The van der Waals surface area contributed by atoms with Gasteiger partial charge in [0.05, 0.1) is 11.9 Å². The summed E-state index contributed by atoms with van der Waals surface area (Å²) in [5.74, 6) is 0.293. The Bertz CT molecular complexity index is 859. The zero-order valence-corrected chi connectivity index (χ0v) is 14.0. The lowest BCUT2D eigenvalue weighted by Crippen LogP contribution is -2.47. The summed E-state index contributed by atoms with van der Waals surface area (Å²) in [5.41, 5.74) is 7.34. The Balaban J connectivity index is 1.56. The van der Waals surface area contributed by atoms with Crippen molar-refractivity contribution in [3.8, 4) is 11.3 Å². The molecule has 0 saturated heterocycles. The number of likely N-dealkylation sites (N-methyl/N-ethyl adjacent to an activating group) is 1. The fourth-order valence-corrected chi connectivity index (χ4v) is 3.78. The monoisotopic (exact) mass is 341 g/mol. The van der Waals surface area contributed by atoms with E-state index in [-0.39, 0.29) is 11.9 Å². The van der Waals surface area contributed by atoms with E-state index in [4.69, 9.17) is 5.73 Å². The summed E-state index contributed by atoms with van der Waals surface area (Å²) in [4.78, 5) is 16.0. The number of hydrogen-bond donors (Lipinski definition) is 1. The maximum atomic E-state index is 14.1. The molecule has 1 unspecified atom stereocenters. The fourth-order valence-electron chi connectivity index (χ4n) is 3.78. The first-order valence-electron chi connectivity index (χ1n) is 8.36. The van der Waals surface area contributed by atoms with E-state index in [1.54, 1.807) is 18.3 Å². The predicted octanol–water partition coefficient (Wildman–Crippen LogP) is 1.54. The molecule has 6 nitrogen and oxygen atoms in total. The average molecular weight is 341 g/mol. The van der Waals surface area contributed by atoms with Crippen LogP contribution in [0, 0.1) is 5.82 Å². The smallest absolute Gasteiger partial charge is 0.266 e. The highest BCUT2D eigenvalue weighted by molar-refractivity contribution is 5.91. The molecule has 0 saturated carbocycles. The van der Waals surface area contributed by atoms with Crippen LogP contribution in [0.25, 0.3) is 11.3 Å². The molecule has 2 N–H and O–H groups in total. The zero-order valence-electron chi connectivity index (χ0n) is 14.0. The number of hydrogen-bond acceptors (Lipinski definition) is 4. The Morgan fingerprint density at radius 3 is 2.88 bits per heavy atom. The molecule has 1 aromatic heterocycles. The highest BCUT2D eigenvalue weighted by Gasteiger charge is 2.33. The van der Waals surface area contributed by atoms with Gasteiger partial charge in [0.25, 0.3) is 5.91 Å². The Morgan fingerprint density at radius 2 is 2.16 bits per heavy atom. The zero-order chi connectivity index (χ0) is 17.6. The van der Waals surface area contributed by atoms with Crippen LogP contribution in [0.2, 0.25) is 0 Å². The summed E-state index contributed by atoms with van der Waals surface area (Å²) in [7, 11) is 1.86. The number of halogens is 1. The van der Waals surface area contributed by atoms with E-state index in [2.05, 4.69) is 14.6 Å². The van der Waals surface area contributed by atoms with E-state index < -0.39 is 5.91 Å². The largest absolute Gasteiger partial charge is 0.364 e. The second-order valence-corrected chi connectivity index (χ2v) is 6.44. The third-order valence-corrected chi connectivity index (χ3v) is 5.07. The van der Waals surface area contributed by atoms with Gasteiger partial charge in [-0.25, -0.2) is 14.4 Å². The number of aromatic nitrogens is 2. The first-order chi connectivity index (χ1) is 12.1. The van der Waals surface area contributed by atoms with Crippen molar-refractivity contribution in [2.75, 3.05) is 13.6 Å². The molecule has 0 spiro atoms. The molecular formula is C18H20FN5O. The number of imidazole rings is 1. The summed E-state index contributed by atoms with van der Waals surface area (Å²) in [6, 6.07) is 7.01. The van der Waals surface area contributed by atoms with Gasteiger partial charge in [0.1, 0.15) is 17.3 Å². The number of fused-ring (bicyclic) bond motifs is 1. The molecule has 130 valence electrons. The number of primary amides is 1. The van der Waals surface area contributed by atoms with Gasteiger partial charge in [0.2, 0.25) is 0 Å². The number of carbonyl (C=O) groups is 1. The number of amides is 1. The molecule has 0 radical (unpaired) electrons. The summed E-state index contributed by atoms with van der Waals surface area (Å²) in [6.45, 7) is 1.43. The number of benzene rings is 1. The van der Waals surface area contributed by atoms with Gasteiger partial charge in [-0.3, -0.25) is 4.79 Å². The minimum atomic E-state index is -0.413. The van der Waals surface area contributed by atoms with Crippen molar-refractivity contribution in [3.63, 3.8) is 0 Å². The normalized spacial score (nSPS) is 20.5. The van der Waals surface area contributed by atoms with E-state index in [9.17, 15) is 9.18 Å². The van der Waals surface area contributed by atoms with Gasteiger partial charge in [-0.05, 0) is 24.6 Å². The van der Waals surface area contributed by atoms with Crippen LogP contribution in [0.15, 0.2) is 42.2 Å². The van der Waals surface area contributed by atoms with E-state index in [1.165, 1.54) is 6.07 Å². The molecule has 4 rings (SSSR count). The Morgan fingerprint density at radius 1 is 1.36 bits per heavy atom. The number of nitrogens with zero attached hydrogens (tertiary/aromatic N) is 4. The second kappa shape index (κ2) is 6.00. The molecule has 7 heteroatoms. The van der Waals surface area contributed by atoms with Crippen LogP contribution in [0.4, 0.5) is 4.39 Å². The van der Waals surface area contributed by atoms with Crippen molar-refractivity contribution in [2.24, 2.45) is 5.73 Å². The van der Waals surface area contributed by atoms with Crippen LogP contribution in [-0.4, -0.2) is 45.1 Å². The number of nitrogens with two attached hydrogens (primary N) is 1. The minimum Gasteiger partial charge on any atom is -0.364 e. The third-order valence-electron chi connectivity index (χ3n) is 5.07. The molecular weight excluding hydrogens is 321 g/mol. The molecule has 0 aliphatic carbocycles. The highest BCUT2D eigenvalue weighted by Crippen LogP contribution is 2.30. The Hall–Kier alpha value is -2.67. The average Bonchev–Trinajstić information content (AvgIpc) is 3.18. The molecule has 1 amide bonds. The molecule has 25 heavy (non-hydrogen) atoms. The minimum absolute atomic E-state index is 0.234. The van der Waals surface area contributed by atoms with Gasteiger partial charge in [0.15, 0.2) is 0 Å². The number of hydrazine groups is 1. The molecule has 0 bridgehead atoms. The lowest BCUT2D eigenvalue weighted by atomic mass is 10.0. The topological polar surface area (TPSA) is 67.4 Å². The van der Waals surface area contributed by atoms with Crippen molar-refractivity contribution in [1.29, 1.82) is 0 Å². The van der Waals surface area contributed by atoms with Crippen LogP contribution < -0.4 is 5.73 Å². The number of carbonyl (C=O) groups excluding carboxylic acids is 1. The highest BCUT2D eigenvalue weighted by atomic mass is 19.1. The summed E-state index contributed by atoms with van der Waals surface area (Å²) in [6.07, 6.45) is 5.25. The van der Waals surface area contributed by atoms with E-state index >= 15 is 0 Å². The van der Waals surface area contributed by atoms with E-state index in [0.29, 0.717) is 17.8 Å². The van der Waals surface area contributed by atoms with Crippen LogP contribution in [0.1, 0.15) is 12.2 Å². The maximum absolute atomic E-state index is 14.1. The van der Waals surface area contributed by atoms with Gasteiger partial charge >= 0.3 is 0 Å². The Kier molecular flexibility index (Phi) is 3.80. The van der Waals surface area contributed by atoms with Gasteiger partial charge in [-0.15, -0.1) is 0 Å². The molecule has 2 aliphatic rings. The lowest BCUT2D eigenvalue weighted by Gasteiger charge is -2.37. The van der Waals surface area contributed by atoms with Crippen molar-refractivity contribution >= 4 is 5.91 Å². The predicted molar refractivity (Wildman–Crippen MR) is 91.5 cm³/mol. The SMILES string of the molecule is CN1C(C(N)=O)=CCN1C1CCn2c(-c3ccccc3F)cnc2C1. The van der Waals surface area contributed by atoms with Gasteiger partial charge in [0, 0.05) is 38.2 Å². The van der Waals surface area contributed by atoms with Crippen LogP contribution in [0.3, 0.4) is 0 Å². The molecule has 2 aliphatic heterocycles. The first-order valence-corrected chi connectivity index (χ1v) is 8.36. The van der Waals surface area contributed by atoms with Crippen molar-refractivity contribution < 1.29 is 9.18 Å². The summed E-state index contributed by atoms with van der Waals surface area (Å²) >= 11 is 0. The second-order valence-electron chi connectivity index (χ2n) is 6.44. The molecule has 1 atom stereocenters. The first kappa shape index (κ1) is 15.8.